The van der Waals surface area contributed by atoms with Gasteiger partial charge in [-0.05, 0) is 13.8 Å². The molecule has 9 nitrogen and oxygen atoms in total. The molecule has 20 heavy (non-hydrogen) atoms. The Morgan fingerprint density at radius 2 is 1.65 bits per heavy atom. The molecule has 0 radical (unpaired) electrons. The lowest BCUT2D eigenvalue weighted by Crippen LogP contribution is -2.49. The number of likely N-dealkylation sites (N-methyl/N-ethyl adjacent to an activating group) is 1. The second-order valence-corrected chi connectivity index (χ2v) is 3.88. The van der Waals surface area contributed by atoms with Crippen LogP contribution in [0.25, 0.3) is 0 Å². The van der Waals surface area contributed by atoms with E-state index in [1.807, 2.05) is 5.32 Å². The number of urea groups is 1. The highest BCUT2D eigenvalue weighted by Gasteiger charge is 2.23. The van der Waals surface area contributed by atoms with E-state index in [4.69, 9.17) is 10.2 Å². The zero-order valence-corrected chi connectivity index (χ0v) is 11.4. The van der Waals surface area contributed by atoms with Crippen molar-refractivity contribution in [3.8, 4) is 0 Å². The lowest BCUT2D eigenvalue weighted by atomic mass is 10.2. The van der Waals surface area contributed by atoms with Crippen LogP contribution in [-0.4, -0.2) is 64.7 Å². The molecule has 0 aromatic carbocycles. The van der Waals surface area contributed by atoms with Crippen molar-refractivity contribution >= 4 is 23.9 Å². The molecule has 0 spiro atoms. The third-order valence-electron chi connectivity index (χ3n) is 2.50. The maximum absolute atomic E-state index is 11.6. The maximum atomic E-state index is 11.6. The fourth-order valence-electron chi connectivity index (χ4n) is 1.43. The van der Waals surface area contributed by atoms with Crippen molar-refractivity contribution in [2.24, 2.45) is 0 Å². The van der Waals surface area contributed by atoms with Crippen molar-refractivity contribution in [2.45, 2.75) is 26.3 Å². The van der Waals surface area contributed by atoms with Crippen LogP contribution in [0.15, 0.2) is 0 Å². The maximum Gasteiger partial charge on any atom is 0.326 e. The first-order chi connectivity index (χ1) is 9.31. The molecular formula is C11H19N3O6. The van der Waals surface area contributed by atoms with Gasteiger partial charge in [-0.25, -0.2) is 9.59 Å². The normalized spacial score (nSPS) is 11.3. The van der Waals surface area contributed by atoms with Crippen molar-refractivity contribution in [2.75, 3.05) is 19.6 Å². The van der Waals surface area contributed by atoms with Gasteiger partial charge in [0.1, 0.15) is 6.04 Å². The van der Waals surface area contributed by atoms with E-state index >= 15 is 0 Å². The average Bonchev–Trinajstić information content (AvgIpc) is 2.36. The van der Waals surface area contributed by atoms with E-state index in [9.17, 15) is 19.2 Å². The van der Waals surface area contributed by atoms with E-state index in [1.165, 1.54) is 4.90 Å². The van der Waals surface area contributed by atoms with Gasteiger partial charge in [0.25, 0.3) is 0 Å². The SMILES string of the molecule is CCN(CC)C(=O)CNC(=O)NC(CC(=O)O)C(=O)O. The van der Waals surface area contributed by atoms with Gasteiger partial charge in [-0.3, -0.25) is 9.59 Å². The van der Waals surface area contributed by atoms with Gasteiger partial charge in [0.15, 0.2) is 0 Å². The monoisotopic (exact) mass is 289 g/mol. The number of carbonyl (C=O) groups excluding carboxylic acids is 2. The van der Waals surface area contributed by atoms with Crippen LogP contribution in [-0.2, 0) is 14.4 Å². The lowest BCUT2D eigenvalue weighted by molar-refractivity contribution is -0.145. The van der Waals surface area contributed by atoms with Crippen molar-refractivity contribution in [3.63, 3.8) is 0 Å². The Bertz CT molecular complexity index is 380. The summed E-state index contributed by atoms with van der Waals surface area (Å²) < 4.78 is 0. The Labute approximate surface area is 115 Å². The summed E-state index contributed by atoms with van der Waals surface area (Å²) in [7, 11) is 0. The van der Waals surface area contributed by atoms with E-state index in [0.29, 0.717) is 13.1 Å². The van der Waals surface area contributed by atoms with Gasteiger partial charge in [-0.15, -0.1) is 0 Å². The molecule has 1 atom stereocenters. The Morgan fingerprint density at radius 1 is 1.10 bits per heavy atom. The molecular weight excluding hydrogens is 270 g/mol. The Balaban J connectivity index is 4.30. The minimum Gasteiger partial charge on any atom is -0.481 e. The zero-order chi connectivity index (χ0) is 15.7. The largest absolute Gasteiger partial charge is 0.481 e. The number of hydrogen-bond donors (Lipinski definition) is 4. The topological polar surface area (TPSA) is 136 Å². The van der Waals surface area contributed by atoms with Crippen LogP contribution >= 0.6 is 0 Å². The van der Waals surface area contributed by atoms with Crippen LogP contribution in [0.3, 0.4) is 0 Å². The number of carbonyl (C=O) groups is 4. The summed E-state index contributed by atoms with van der Waals surface area (Å²) in [4.78, 5) is 45.6. The second kappa shape index (κ2) is 8.73. The molecule has 114 valence electrons. The van der Waals surface area contributed by atoms with E-state index in [1.54, 1.807) is 13.8 Å². The van der Waals surface area contributed by atoms with Crippen molar-refractivity contribution in [1.82, 2.24) is 15.5 Å². The quantitative estimate of drug-likeness (QED) is 0.456. The fraction of sp³-hybridized carbons (Fsp3) is 0.636. The van der Waals surface area contributed by atoms with Crippen molar-refractivity contribution in [3.05, 3.63) is 0 Å². The van der Waals surface area contributed by atoms with E-state index in [2.05, 4.69) is 5.32 Å². The highest BCUT2D eigenvalue weighted by atomic mass is 16.4. The highest BCUT2D eigenvalue weighted by molar-refractivity contribution is 5.88. The third kappa shape index (κ3) is 6.57. The van der Waals surface area contributed by atoms with Crippen LogP contribution in [0.5, 0.6) is 0 Å². The van der Waals surface area contributed by atoms with Gasteiger partial charge in [-0.1, -0.05) is 0 Å². The molecule has 0 bridgehead atoms. The number of nitrogens with one attached hydrogen (secondary N) is 2. The zero-order valence-electron chi connectivity index (χ0n) is 11.4. The van der Waals surface area contributed by atoms with Gasteiger partial charge in [0.2, 0.25) is 5.91 Å². The molecule has 0 aliphatic carbocycles. The summed E-state index contributed by atoms with van der Waals surface area (Å²) in [5.41, 5.74) is 0. The van der Waals surface area contributed by atoms with Gasteiger partial charge >= 0.3 is 18.0 Å². The summed E-state index contributed by atoms with van der Waals surface area (Å²) in [5, 5.41) is 21.4. The van der Waals surface area contributed by atoms with E-state index in [0.717, 1.165) is 0 Å². The Hall–Kier alpha value is -2.32. The minimum atomic E-state index is -1.55. The number of nitrogens with zero attached hydrogens (tertiary/aromatic N) is 1. The molecule has 4 N–H and O–H groups in total. The fourth-order valence-corrected chi connectivity index (χ4v) is 1.43. The molecule has 0 aliphatic heterocycles. The van der Waals surface area contributed by atoms with Gasteiger partial charge in [0.05, 0.1) is 13.0 Å². The first-order valence-corrected chi connectivity index (χ1v) is 6.08. The van der Waals surface area contributed by atoms with Crippen LogP contribution < -0.4 is 10.6 Å². The Kier molecular flexibility index (Phi) is 7.71. The summed E-state index contributed by atoms with van der Waals surface area (Å²) in [6, 6.07) is -2.45. The molecule has 0 saturated carbocycles. The predicted octanol–water partition coefficient (Wildman–Crippen LogP) is -0.918. The van der Waals surface area contributed by atoms with E-state index in [-0.39, 0.29) is 12.5 Å². The minimum absolute atomic E-state index is 0.285. The smallest absolute Gasteiger partial charge is 0.326 e. The molecule has 0 aliphatic rings. The van der Waals surface area contributed by atoms with Gasteiger partial charge in [-0.2, -0.15) is 0 Å². The van der Waals surface area contributed by atoms with Crippen LogP contribution in [0.2, 0.25) is 0 Å². The molecule has 0 fully saturated rings. The predicted molar refractivity (Wildman–Crippen MR) is 68.1 cm³/mol. The molecule has 1 unspecified atom stereocenters. The van der Waals surface area contributed by atoms with Crippen LogP contribution in [0, 0.1) is 0 Å². The number of aliphatic carboxylic acids is 2. The Morgan fingerprint density at radius 3 is 2.05 bits per heavy atom. The van der Waals surface area contributed by atoms with Gasteiger partial charge in [0, 0.05) is 13.1 Å². The number of amides is 3. The first-order valence-electron chi connectivity index (χ1n) is 6.08. The summed E-state index contributed by atoms with van der Waals surface area (Å²) in [6.07, 6.45) is -0.743. The summed E-state index contributed by atoms with van der Waals surface area (Å²) >= 11 is 0. The van der Waals surface area contributed by atoms with Crippen LogP contribution in [0.4, 0.5) is 4.79 Å². The lowest BCUT2D eigenvalue weighted by Gasteiger charge is -2.19. The number of rotatable bonds is 8. The molecule has 0 heterocycles. The molecule has 9 heteroatoms. The number of carboxylic acid groups (broad SMARTS) is 2. The highest BCUT2D eigenvalue weighted by Crippen LogP contribution is 1.93. The van der Waals surface area contributed by atoms with Crippen molar-refractivity contribution in [1.29, 1.82) is 0 Å². The molecule has 0 saturated heterocycles. The van der Waals surface area contributed by atoms with Crippen LogP contribution in [0.1, 0.15) is 20.3 Å². The van der Waals surface area contributed by atoms with E-state index < -0.39 is 30.4 Å². The number of hydrogen-bond acceptors (Lipinski definition) is 4. The summed E-state index contributed by atoms with van der Waals surface area (Å²) in [6.45, 7) is 4.28. The molecule has 3 amide bonds. The average molecular weight is 289 g/mol. The molecule has 0 rings (SSSR count). The standard InChI is InChI=1S/C11H19N3O6/c1-3-14(4-2)8(15)6-12-11(20)13-7(10(18)19)5-9(16)17/h7H,3-6H2,1-2H3,(H,16,17)(H,18,19)(H2,12,13,20). The molecule has 0 aromatic heterocycles. The third-order valence-corrected chi connectivity index (χ3v) is 2.50. The first kappa shape index (κ1) is 17.7. The van der Waals surface area contributed by atoms with Crippen molar-refractivity contribution < 1.29 is 29.4 Å². The molecule has 0 aromatic rings. The number of carboxylic acids is 2. The second-order valence-electron chi connectivity index (χ2n) is 3.88. The summed E-state index contributed by atoms with van der Waals surface area (Å²) in [5.74, 6) is -3.12. The van der Waals surface area contributed by atoms with Gasteiger partial charge < -0.3 is 25.7 Å².